The zero-order valence-corrected chi connectivity index (χ0v) is 11.9. The van der Waals surface area contributed by atoms with Crippen LogP contribution in [0.1, 0.15) is 43.0 Å². The van der Waals surface area contributed by atoms with Crippen molar-refractivity contribution in [3.63, 3.8) is 0 Å². The first-order valence-electron chi connectivity index (χ1n) is 7.25. The van der Waals surface area contributed by atoms with E-state index in [-0.39, 0.29) is 5.91 Å². The molecule has 0 heterocycles. The molecule has 3 nitrogen and oxygen atoms in total. The van der Waals surface area contributed by atoms with E-state index in [0.717, 1.165) is 24.1 Å². The van der Waals surface area contributed by atoms with Crippen LogP contribution in [0.5, 0.6) is 0 Å². The van der Waals surface area contributed by atoms with Crippen molar-refractivity contribution in [2.45, 2.75) is 32.6 Å². The van der Waals surface area contributed by atoms with E-state index in [4.69, 9.17) is 0 Å². The van der Waals surface area contributed by atoms with Gasteiger partial charge in [-0.3, -0.25) is 4.79 Å². The highest BCUT2D eigenvalue weighted by Crippen LogP contribution is 2.28. The van der Waals surface area contributed by atoms with E-state index < -0.39 is 0 Å². The highest BCUT2D eigenvalue weighted by atomic mass is 16.1. The quantitative estimate of drug-likeness (QED) is 0.872. The molecule has 19 heavy (non-hydrogen) atoms. The van der Waals surface area contributed by atoms with Crippen LogP contribution in [0.15, 0.2) is 24.3 Å². The summed E-state index contributed by atoms with van der Waals surface area (Å²) in [7, 11) is 1.66. The Hall–Kier alpha value is -1.51. The summed E-state index contributed by atoms with van der Waals surface area (Å²) >= 11 is 0. The highest BCUT2D eigenvalue weighted by molar-refractivity contribution is 5.94. The van der Waals surface area contributed by atoms with Crippen LogP contribution in [0.4, 0.5) is 5.69 Å². The molecule has 0 radical (unpaired) electrons. The molecular formula is C16H24N2O. The number of amides is 1. The summed E-state index contributed by atoms with van der Waals surface area (Å²) < 4.78 is 0. The van der Waals surface area contributed by atoms with Crippen LogP contribution in [-0.4, -0.2) is 19.5 Å². The number of hydrogen-bond acceptors (Lipinski definition) is 2. The molecule has 1 saturated carbocycles. The fourth-order valence-corrected chi connectivity index (χ4v) is 2.92. The number of carbonyl (C=O) groups is 1. The molecule has 2 unspecified atom stereocenters. The lowest BCUT2D eigenvalue weighted by atomic mass is 9.82. The molecule has 0 aromatic heterocycles. The standard InChI is InChI=1S/C16H24N2O/c1-12-5-3-6-13(9-12)11-18-15-8-4-7-14(10-15)16(19)17-2/h4,7-8,10,12-13,18H,3,5-6,9,11H2,1-2H3,(H,17,19). The normalized spacial score (nSPS) is 22.8. The Labute approximate surface area is 115 Å². The second-order valence-electron chi connectivity index (χ2n) is 5.68. The maximum Gasteiger partial charge on any atom is 0.251 e. The van der Waals surface area contributed by atoms with E-state index in [9.17, 15) is 4.79 Å². The minimum atomic E-state index is -0.0325. The van der Waals surface area contributed by atoms with Crippen molar-refractivity contribution in [1.82, 2.24) is 5.32 Å². The molecule has 2 rings (SSSR count). The van der Waals surface area contributed by atoms with Gasteiger partial charge in [-0.2, -0.15) is 0 Å². The summed E-state index contributed by atoms with van der Waals surface area (Å²) in [4.78, 5) is 11.6. The van der Waals surface area contributed by atoms with Crippen molar-refractivity contribution in [2.75, 3.05) is 18.9 Å². The van der Waals surface area contributed by atoms with Crippen LogP contribution >= 0.6 is 0 Å². The van der Waals surface area contributed by atoms with Crippen LogP contribution in [0.25, 0.3) is 0 Å². The van der Waals surface area contributed by atoms with Crippen LogP contribution in [0, 0.1) is 11.8 Å². The molecule has 0 saturated heterocycles. The van der Waals surface area contributed by atoms with Gasteiger partial charge in [0.25, 0.3) is 5.91 Å². The zero-order chi connectivity index (χ0) is 13.7. The zero-order valence-electron chi connectivity index (χ0n) is 11.9. The van der Waals surface area contributed by atoms with E-state index in [2.05, 4.69) is 17.6 Å². The fourth-order valence-electron chi connectivity index (χ4n) is 2.92. The molecule has 1 aromatic rings. The Kier molecular flexibility index (Phi) is 4.83. The predicted molar refractivity (Wildman–Crippen MR) is 79.4 cm³/mol. The van der Waals surface area contributed by atoms with Gasteiger partial charge in [0.15, 0.2) is 0 Å². The molecule has 1 aliphatic rings. The molecular weight excluding hydrogens is 236 g/mol. The molecule has 1 aliphatic carbocycles. The fraction of sp³-hybridized carbons (Fsp3) is 0.562. The average Bonchev–Trinajstić information content (AvgIpc) is 2.45. The minimum absolute atomic E-state index is 0.0325. The van der Waals surface area contributed by atoms with E-state index in [0.29, 0.717) is 5.56 Å². The second kappa shape index (κ2) is 6.60. The molecule has 104 valence electrons. The first-order valence-corrected chi connectivity index (χ1v) is 7.25. The lowest BCUT2D eigenvalue weighted by molar-refractivity contribution is 0.0963. The molecule has 0 spiro atoms. The molecule has 2 atom stereocenters. The van der Waals surface area contributed by atoms with Gasteiger partial charge in [-0.05, 0) is 42.9 Å². The van der Waals surface area contributed by atoms with Crippen LogP contribution in [-0.2, 0) is 0 Å². The van der Waals surface area contributed by atoms with Crippen molar-refractivity contribution < 1.29 is 4.79 Å². The smallest absolute Gasteiger partial charge is 0.251 e. The summed E-state index contributed by atoms with van der Waals surface area (Å²) in [6.45, 7) is 3.36. The molecule has 0 aliphatic heterocycles. The predicted octanol–water partition coefficient (Wildman–Crippen LogP) is 3.28. The summed E-state index contributed by atoms with van der Waals surface area (Å²) in [6.07, 6.45) is 5.38. The molecule has 1 fully saturated rings. The minimum Gasteiger partial charge on any atom is -0.385 e. The highest BCUT2D eigenvalue weighted by Gasteiger charge is 2.18. The number of benzene rings is 1. The number of anilines is 1. The summed E-state index contributed by atoms with van der Waals surface area (Å²) in [6, 6.07) is 7.72. The maximum absolute atomic E-state index is 11.6. The first kappa shape index (κ1) is 13.9. The third-order valence-electron chi connectivity index (χ3n) is 3.99. The largest absolute Gasteiger partial charge is 0.385 e. The number of hydrogen-bond donors (Lipinski definition) is 2. The molecule has 2 N–H and O–H groups in total. The number of rotatable bonds is 4. The van der Waals surface area contributed by atoms with Crippen molar-refractivity contribution in [2.24, 2.45) is 11.8 Å². The SMILES string of the molecule is CNC(=O)c1cccc(NCC2CCCC(C)C2)c1. The Morgan fingerprint density at radius 2 is 2.21 bits per heavy atom. The van der Waals surface area contributed by atoms with Gasteiger partial charge in [0.1, 0.15) is 0 Å². The third-order valence-corrected chi connectivity index (χ3v) is 3.99. The third kappa shape index (κ3) is 3.98. The monoisotopic (exact) mass is 260 g/mol. The Balaban J connectivity index is 1.90. The van der Waals surface area contributed by atoms with Crippen molar-refractivity contribution >= 4 is 11.6 Å². The first-order chi connectivity index (χ1) is 9.19. The lowest BCUT2D eigenvalue weighted by Gasteiger charge is -2.27. The van der Waals surface area contributed by atoms with E-state index in [1.807, 2.05) is 24.3 Å². The van der Waals surface area contributed by atoms with Crippen molar-refractivity contribution in [1.29, 1.82) is 0 Å². The molecule has 3 heteroatoms. The lowest BCUT2D eigenvalue weighted by Crippen LogP contribution is -2.21. The van der Waals surface area contributed by atoms with E-state index in [1.165, 1.54) is 25.7 Å². The summed E-state index contributed by atoms with van der Waals surface area (Å²) in [5, 5.41) is 6.13. The van der Waals surface area contributed by atoms with E-state index in [1.54, 1.807) is 7.05 Å². The van der Waals surface area contributed by atoms with Gasteiger partial charge >= 0.3 is 0 Å². The van der Waals surface area contributed by atoms with Gasteiger partial charge in [0, 0.05) is 24.8 Å². The van der Waals surface area contributed by atoms with E-state index >= 15 is 0 Å². The van der Waals surface area contributed by atoms with Gasteiger partial charge < -0.3 is 10.6 Å². The van der Waals surface area contributed by atoms with Gasteiger partial charge in [-0.1, -0.05) is 25.8 Å². The van der Waals surface area contributed by atoms with Crippen LogP contribution in [0.3, 0.4) is 0 Å². The van der Waals surface area contributed by atoms with Crippen LogP contribution < -0.4 is 10.6 Å². The number of nitrogens with one attached hydrogen (secondary N) is 2. The van der Waals surface area contributed by atoms with Gasteiger partial charge in [0.05, 0.1) is 0 Å². The van der Waals surface area contributed by atoms with Crippen molar-refractivity contribution in [3.05, 3.63) is 29.8 Å². The number of carbonyl (C=O) groups excluding carboxylic acids is 1. The second-order valence-corrected chi connectivity index (χ2v) is 5.68. The molecule has 1 amide bonds. The summed E-state index contributed by atoms with van der Waals surface area (Å²) in [5.41, 5.74) is 1.75. The van der Waals surface area contributed by atoms with Gasteiger partial charge in [-0.15, -0.1) is 0 Å². The maximum atomic E-state index is 11.6. The average molecular weight is 260 g/mol. The molecule has 1 aromatic carbocycles. The Bertz CT molecular complexity index is 431. The van der Waals surface area contributed by atoms with Crippen molar-refractivity contribution in [3.8, 4) is 0 Å². The topological polar surface area (TPSA) is 41.1 Å². The molecule has 0 bridgehead atoms. The summed E-state index contributed by atoms with van der Waals surface area (Å²) in [5.74, 6) is 1.60. The van der Waals surface area contributed by atoms with Crippen LogP contribution in [0.2, 0.25) is 0 Å². The van der Waals surface area contributed by atoms with Gasteiger partial charge in [-0.25, -0.2) is 0 Å². The van der Waals surface area contributed by atoms with Gasteiger partial charge in [0.2, 0.25) is 0 Å². The Morgan fingerprint density at radius 3 is 2.95 bits per heavy atom. The Morgan fingerprint density at radius 1 is 1.37 bits per heavy atom.